The molecule has 2 aromatic heterocycles. The Bertz CT molecular complexity index is 3270. The van der Waals surface area contributed by atoms with E-state index in [4.69, 9.17) is 18.3 Å². The maximum absolute atomic E-state index is 13.5. The molecule has 10 heteroatoms. The first-order chi connectivity index (χ1) is 33.1. The van der Waals surface area contributed by atoms with E-state index < -0.39 is 17.4 Å². The molecule has 0 bridgehead atoms. The Morgan fingerprint density at radius 2 is 0.725 bits per heavy atom. The maximum atomic E-state index is 13.5. The average molecular weight is 907 g/mol. The molecule has 0 fully saturated rings. The number of ether oxygens (including phenoxy) is 2. The van der Waals surface area contributed by atoms with Crippen molar-refractivity contribution in [2.75, 3.05) is 14.2 Å². The summed E-state index contributed by atoms with van der Waals surface area (Å²) in [4.78, 5) is 27.0. The Balaban J connectivity index is 0.899. The Labute approximate surface area is 400 Å². The summed E-state index contributed by atoms with van der Waals surface area (Å²) in [5.41, 5.74) is 11.2. The van der Waals surface area contributed by atoms with Crippen molar-refractivity contribution in [2.45, 2.75) is 57.8 Å². The lowest BCUT2D eigenvalue weighted by Crippen LogP contribution is -2.19. The van der Waals surface area contributed by atoms with E-state index >= 15 is 0 Å². The Kier molecular flexibility index (Phi) is 10.9. The highest BCUT2D eigenvalue weighted by Gasteiger charge is 2.67. The van der Waals surface area contributed by atoms with Crippen LogP contribution in [-0.2, 0) is 35.3 Å². The van der Waals surface area contributed by atoms with Gasteiger partial charge in [-0.05, 0) is 141 Å². The van der Waals surface area contributed by atoms with E-state index in [0.717, 1.165) is 55.6 Å². The minimum atomic E-state index is -1.20. The monoisotopic (exact) mass is 906 g/mol. The fourth-order valence-corrected chi connectivity index (χ4v) is 8.83. The van der Waals surface area contributed by atoms with Gasteiger partial charge in [-0.15, -0.1) is 20.4 Å². The molecular weight excluding hydrogens is 861 g/mol. The van der Waals surface area contributed by atoms with E-state index in [1.807, 2.05) is 109 Å². The van der Waals surface area contributed by atoms with Crippen LogP contribution in [0.1, 0.15) is 86.1 Å². The third-order valence-electron chi connectivity index (χ3n) is 12.7. The number of carbonyl (C=O) groups excluding carboxylic acids is 2. The zero-order valence-corrected chi connectivity index (χ0v) is 39.4. The molecule has 0 atom stereocenters. The molecule has 69 heavy (non-hydrogen) atoms. The molecule has 2 heterocycles. The molecule has 1 spiro atoms. The van der Waals surface area contributed by atoms with Crippen LogP contribution >= 0.6 is 0 Å². The number of hydrogen-bond acceptors (Lipinski definition) is 10. The van der Waals surface area contributed by atoms with Gasteiger partial charge in [0.15, 0.2) is 0 Å². The molecule has 0 saturated heterocycles. The van der Waals surface area contributed by atoms with Crippen molar-refractivity contribution in [2.24, 2.45) is 0 Å². The average Bonchev–Trinajstić information content (AvgIpc) is 3.70. The molecule has 0 saturated carbocycles. The molecule has 0 unspecified atom stereocenters. The smallest absolute Gasteiger partial charge is 0.335 e. The van der Waals surface area contributed by atoms with Crippen molar-refractivity contribution in [3.8, 4) is 80.6 Å². The minimum absolute atomic E-state index is 0.0405. The number of fused-ring (bicyclic) bond motifs is 5. The second-order valence-corrected chi connectivity index (χ2v) is 19.1. The number of methoxy groups -OCH3 is 2. The SMILES string of the molecule is COC(=O)C1=C(C(=O)OC)C12c1cc(C#Cc3ccc(-c4nnc(-c5ccc(C(C)(C)C)cc5)o4)cc3)ccc1-c1ccc(C#Cc3ccc(-c4nnc(-c5ccc(C(C)(C)C)cc5)o4)cc3)cc12. The normalized spacial score (nSPS) is 13.2. The highest BCUT2D eigenvalue weighted by molar-refractivity contribution is 6.19. The fourth-order valence-electron chi connectivity index (χ4n) is 8.83. The van der Waals surface area contributed by atoms with Crippen LogP contribution in [0.2, 0.25) is 0 Å². The first-order valence-corrected chi connectivity index (χ1v) is 22.5. The molecule has 0 aliphatic heterocycles. The zero-order valence-electron chi connectivity index (χ0n) is 39.4. The zero-order chi connectivity index (χ0) is 48.2. The lowest BCUT2D eigenvalue weighted by Gasteiger charge is -2.18. The summed E-state index contributed by atoms with van der Waals surface area (Å²) in [5, 5.41) is 17.2. The van der Waals surface area contributed by atoms with Crippen LogP contribution in [0.15, 0.2) is 153 Å². The van der Waals surface area contributed by atoms with E-state index in [-0.39, 0.29) is 22.0 Å². The van der Waals surface area contributed by atoms with Crippen LogP contribution < -0.4 is 0 Å². The van der Waals surface area contributed by atoms with Crippen LogP contribution in [0, 0.1) is 23.7 Å². The molecule has 0 radical (unpaired) electrons. The minimum Gasteiger partial charge on any atom is -0.466 e. The van der Waals surface area contributed by atoms with Crippen LogP contribution in [0.5, 0.6) is 0 Å². The quantitative estimate of drug-likeness (QED) is 0.117. The summed E-state index contributed by atoms with van der Waals surface area (Å²) in [6.07, 6.45) is 0. The number of rotatable bonds is 6. The predicted molar refractivity (Wildman–Crippen MR) is 263 cm³/mol. The number of aromatic nitrogens is 4. The fraction of sp³-hybridized carbons (Fsp3) is 0.186. The molecular formula is C59H46N4O6. The van der Waals surface area contributed by atoms with Gasteiger partial charge in [-0.25, -0.2) is 9.59 Å². The van der Waals surface area contributed by atoms with Crippen LogP contribution in [-0.4, -0.2) is 46.6 Å². The number of hydrogen-bond donors (Lipinski definition) is 0. The summed E-state index contributed by atoms with van der Waals surface area (Å²) in [6.45, 7) is 13.1. The van der Waals surface area contributed by atoms with E-state index in [1.54, 1.807) is 0 Å². The first-order valence-electron chi connectivity index (χ1n) is 22.5. The maximum Gasteiger partial charge on any atom is 0.335 e. The number of carbonyl (C=O) groups is 2. The van der Waals surface area contributed by atoms with Crippen LogP contribution in [0.25, 0.3) is 56.9 Å². The second-order valence-electron chi connectivity index (χ2n) is 19.1. The van der Waals surface area contributed by atoms with Crippen molar-refractivity contribution in [1.82, 2.24) is 20.4 Å². The highest BCUT2D eigenvalue weighted by atomic mass is 16.5. The summed E-state index contributed by atoms with van der Waals surface area (Å²) < 4.78 is 22.6. The van der Waals surface area contributed by atoms with Gasteiger partial charge in [-0.3, -0.25) is 0 Å². The highest BCUT2D eigenvalue weighted by Crippen LogP contribution is 2.67. The summed E-state index contributed by atoms with van der Waals surface area (Å²) in [7, 11) is 2.61. The van der Waals surface area contributed by atoms with Crippen molar-refractivity contribution in [3.63, 3.8) is 0 Å². The topological polar surface area (TPSA) is 130 Å². The standard InChI is InChI=1S/C59H46N4O6/c1-57(2,3)43-27-23-41(24-28-43)53-62-60-51(68-53)39-19-13-35(14-20-39)9-11-37-17-31-45-46-32-18-38(34-48(46)59(47(45)33-37)49(55(64)66-7)50(59)56(65)67-8)12-10-36-15-21-40(22-16-36)52-61-63-54(69-52)42-25-29-44(30-26-42)58(4,5)6/h13-34H,1-8H3. The van der Waals surface area contributed by atoms with Gasteiger partial charge in [0.05, 0.1) is 30.8 Å². The second kappa shape index (κ2) is 16.9. The Morgan fingerprint density at radius 1 is 0.435 bits per heavy atom. The molecule has 8 aromatic rings. The summed E-state index contributed by atoms with van der Waals surface area (Å²) in [6, 6.07) is 43.2. The Hall–Kier alpha value is -8.60. The lowest BCUT2D eigenvalue weighted by molar-refractivity contribution is -0.137. The van der Waals surface area contributed by atoms with Crippen molar-refractivity contribution in [3.05, 3.63) is 189 Å². The molecule has 0 N–H and O–H groups in total. The third-order valence-corrected chi connectivity index (χ3v) is 12.7. The van der Waals surface area contributed by atoms with Gasteiger partial charge >= 0.3 is 11.9 Å². The number of esters is 2. The number of benzene rings is 6. The van der Waals surface area contributed by atoms with E-state index in [1.165, 1.54) is 25.3 Å². The van der Waals surface area contributed by atoms with E-state index in [9.17, 15) is 9.59 Å². The van der Waals surface area contributed by atoms with Gasteiger partial charge in [-0.1, -0.05) is 102 Å². The summed E-state index contributed by atoms with van der Waals surface area (Å²) >= 11 is 0. The molecule has 6 aromatic carbocycles. The predicted octanol–water partition coefficient (Wildman–Crippen LogP) is 11.4. The molecule has 2 aliphatic rings. The first kappa shape index (κ1) is 44.2. The van der Waals surface area contributed by atoms with Crippen molar-refractivity contribution >= 4 is 11.9 Å². The van der Waals surface area contributed by atoms with Gasteiger partial charge in [0.1, 0.15) is 0 Å². The van der Waals surface area contributed by atoms with Gasteiger partial charge < -0.3 is 18.3 Å². The van der Waals surface area contributed by atoms with Crippen LogP contribution in [0.3, 0.4) is 0 Å². The van der Waals surface area contributed by atoms with E-state index in [2.05, 4.69) is 110 Å². The van der Waals surface area contributed by atoms with Gasteiger partial charge in [0.25, 0.3) is 0 Å². The lowest BCUT2D eigenvalue weighted by atomic mass is 9.84. The molecule has 0 amide bonds. The molecule has 10 nitrogen and oxygen atoms in total. The third kappa shape index (κ3) is 8.10. The number of nitrogens with zero attached hydrogens (tertiary/aromatic N) is 4. The van der Waals surface area contributed by atoms with Gasteiger partial charge in [0.2, 0.25) is 23.6 Å². The Morgan fingerprint density at radius 3 is 1.03 bits per heavy atom. The van der Waals surface area contributed by atoms with Crippen LogP contribution in [0.4, 0.5) is 0 Å². The van der Waals surface area contributed by atoms with Crippen molar-refractivity contribution < 1.29 is 27.9 Å². The molecule has 338 valence electrons. The van der Waals surface area contributed by atoms with Gasteiger partial charge in [0, 0.05) is 44.5 Å². The van der Waals surface area contributed by atoms with E-state index in [0.29, 0.717) is 34.7 Å². The summed E-state index contributed by atoms with van der Waals surface area (Å²) in [5.74, 6) is 13.6. The van der Waals surface area contributed by atoms with Gasteiger partial charge in [-0.2, -0.15) is 0 Å². The largest absolute Gasteiger partial charge is 0.466 e. The molecule has 2 aliphatic carbocycles. The van der Waals surface area contributed by atoms with Crippen molar-refractivity contribution in [1.29, 1.82) is 0 Å². The molecule has 10 rings (SSSR count).